The number of rotatable bonds is 3. The first-order chi connectivity index (χ1) is 9.52. The van der Waals surface area contributed by atoms with Gasteiger partial charge in [-0.1, -0.05) is 6.92 Å². The molecule has 2 atom stereocenters. The minimum atomic E-state index is -0.113. The van der Waals surface area contributed by atoms with E-state index >= 15 is 0 Å². The molecule has 1 saturated heterocycles. The van der Waals surface area contributed by atoms with Crippen molar-refractivity contribution in [1.82, 2.24) is 19.3 Å². The quantitative estimate of drug-likeness (QED) is 0.818. The summed E-state index contributed by atoms with van der Waals surface area (Å²) in [6.45, 7) is 7.22. The van der Waals surface area contributed by atoms with E-state index in [0.29, 0.717) is 5.88 Å². The zero-order valence-electron chi connectivity index (χ0n) is 12.5. The van der Waals surface area contributed by atoms with Gasteiger partial charge in [-0.3, -0.25) is 4.68 Å². The lowest BCUT2D eigenvalue weighted by Crippen LogP contribution is -2.38. The number of nitrogens with zero attached hydrogens (tertiary/aromatic N) is 4. The molecule has 0 N–H and O–H groups in total. The van der Waals surface area contributed by atoms with Gasteiger partial charge >= 0.3 is 0 Å². The van der Waals surface area contributed by atoms with Crippen molar-refractivity contribution in [3.8, 4) is 0 Å². The summed E-state index contributed by atoms with van der Waals surface area (Å²) < 4.78 is 9.97. The number of imidazole rings is 1. The van der Waals surface area contributed by atoms with Gasteiger partial charge in [0.25, 0.3) is 0 Å². The molecule has 1 aliphatic rings. The van der Waals surface area contributed by atoms with E-state index in [0.717, 1.165) is 42.1 Å². The Balaban J connectivity index is 2.31. The fourth-order valence-electron chi connectivity index (χ4n) is 3.21. The van der Waals surface area contributed by atoms with Crippen molar-refractivity contribution in [1.29, 1.82) is 0 Å². The average Bonchev–Trinajstić information content (AvgIpc) is 3.05. The normalized spacial score (nSPS) is 26.8. The molecule has 1 aliphatic heterocycles. The molecule has 0 aromatic carbocycles. The number of aromatic nitrogens is 4. The second kappa shape index (κ2) is 4.74. The third-order valence-corrected chi connectivity index (χ3v) is 4.83. The molecule has 2 unspecified atom stereocenters. The molecule has 2 aromatic rings. The van der Waals surface area contributed by atoms with Crippen LogP contribution in [0.3, 0.4) is 0 Å². The molecule has 110 valence electrons. The lowest BCUT2D eigenvalue weighted by molar-refractivity contribution is 0.0762. The van der Waals surface area contributed by atoms with Crippen LogP contribution in [0.5, 0.6) is 0 Å². The van der Waals surface area contributed by atoms with Crippen LogP contribution in [-0.2, 0) is 29.6 Å². The van der Waals surface area contributed by atoms with Crippen LogP contribution in [0, 0.1) is 0 Å². The molecule has 5 nitrogen and oxygen atoms in total. The number of hydrogen-bond acceptors (Lipinski definition) is 3. The Kier molecular flexibility index (Phi) is 3.29. The number of alkyl halides is 1. The molecule has 0 spiro atoms. The fourth-order valence-corrected chi connectivity index (χ4v) is 3.39. The molecule has 6 heteroatoms. The highest BCUT2D eigenvalue weighted by atomic mass is 35.5. The van der Waals surface area contributed by atoms with Gasteiger partial charge in [-0.05, 0) is 26.7 Å². The van der Waals surface area contributed by atoms with E-state index < -0.39 is 0 Å². The molecule has 20 heavy (non-hydrogen) atoms. The first-order valence-electron chi connectivity index (χ1n) is 7.14. The second-order valence-corrected chi connectivity index (χ2v) is 5.98. The summed E-state index contributed by atoms with van der Waals surface area (Å²) in [6.07, 6.45) is 1.98. The van der Waals surface area contributed by atoms with Crippen LogP contribution in [0.4, 0.5) is 0 Å². The Hall–Kier alpha value is -1.07. The molecule has 0 bridgehead atoms. The van der Waals surface area contributed by atoms with Crippen LogP contribution in [0.15, 0.2) is 0 Å². The third kappa shape index (κ3) is 1.72. The highest BCUT2D eigenvalue weighted by Crippen LogP contribution is 2.37. The van der Waals surface area contributed by atoms with E-state index in [2.05, 4.69) is 30.4 Å². The monoisotopic (exact) mass is 296 g/mol. The first-order valence-corrected chi connectivity index (χ1v) is 7.67. The maximum Gasteiger partial charge on any atom is 0.159 e. The summed E-state index contributed by atoms with van der Waals surface area (Å²) in [5.74, 6) is 1.31. The molecule has 3 heterocycles. The number of ether oxygens (including phenoxy) is 1. The predicted octanol–water partition coefficient (Wildman–Crippen LogP) is 2.60. The van der Waals surface area contributed by atoms with Crippen molar-refractivity contribution < 1.29 is 4.74 Å². The maximum absolute atomic E-state index is 6.14. The standard InChI is InChI=1S/C14H21ClN4O/c1-5-10-12-13(18(4)17-10)19(11(8-15)16-12)14(3)6-7-20-9(14)2/h9H,5-8H2,1-4H3. The van der Waals surface area contributed by atoms with Gasteiger partial charge in [0, 0.05) is 13.7 Å². The molecule has 0 amide bonds. The smallest absolute Gasteiger partial charge is 0.159 e. The molecular formula is C14H21ClN4O. The van der Waals surface area contributed by atoms with Crippen LogP contribution in [0.2, 0.25) is 0 Å². The van der Waals surface area contributed by atoms with E-state index in [1.54, 1.807) is 0 Å². The molecule has 1 fully saturated rings. The van der Waals surface area contributed by atoms with Gasteiger partial charge in [-0.15, -0.1) is 11.6 Å². The van der Waals surface area contributed by atoms with Crippen LogP contribution >= 0.6 is 11.6 Å². The van der Waals surface area contributed by atoms with Crippen molar-refractivity contribution in [3.05, 3.63) is 11.5 Å². The summed E-state index contributed by atoms with van der Waals surface area (Å²) >= 11 is 6.14. The Morgan fingerprint density at radius 1 is 1.50 bits per heavy atom. The van der Waals surface area contributed by atoms with Crippen LogP contribution in [0.25, 0.3) is 11.2 Å². The number of aryl methyl sites for hydroxylation is 2. The van der Waals surface area contributed by atoms with Crippen LogP contribution in [0.1, 0.15) is 38.7 Å². The SMILES string of the molecule is CCc1nn(C)c2c1nc(CCl)n2C1(C)CCOC1C. The van der Waals surface area contributed by atoms with Crippen molar-refractivity contribution >= 4 is 22.8 Å². The van der Waals surface area contributed by atoms with Gasteiger partial charge in [0.15, 0.2) is 5.65 Å². The molecular weight excluding hydrogens is 276 g/mol. The molecule has 0 saturated carbocycles. The zero-order chi connectivity index (χ0) is 14.5. The lowest BCUT2D eigenvalue weighted by atomic mass is 9.94. The Morgan fingerprint density at radius 3 is 2.80 bits per heavy atom. The Morgan fingerprint density at radius 2 is 2.25 bits per heavy atom. The largest absolute Gasteiger partial charge is 0.376 e. The Labute approximate surface area is 123 Å². The van der Waals surface area contributed by atoms with E-state index in [-0.39, 0.29) is 11.6 Å². The highest BCUT2D eigenvalue weighted by Gasteiger charge is 2.42. The van der Waals surface area contributed by atoms with Crippen LogP contribution in [-0.4, -0.2) is 32.0 Å². The van der Waals surface area contributed by atoms with Crippen molar-refractivity contribution in [2.24, 2.45) is 7.05 Å². The van der Waals surface area contributed by atoms with Gasteiger partial charge < -0.3 is 9.30 Å². The molecule has 0 radical (unpaired) electrons. The summed E-state index contributed by atoms with van der Waals surface area (Å²) in [5, 5.41) is 4.58. The molecule has 0 aliphatic carbocycles. The van der Waals surface area contributed by atoms with Gasteiger partial charge in [0.2, 0.25) is 0 Å². The van der Waals surface area contributed by atoms with Gasteiger partial charge in [-0.2, -0.15) is 5.10 Å². The average molecular weight is 297 g/mol. The summed E-state index contributed by atoms with van der Waals surface area (Å²) in [6, 6.07) is 0. The minimum absolute atomic E-state index is 0.113. The third-order valence-electron chi connectivity index (χ3n) is 4.59. The molecule has 3 rings (SSSR count). The van der Waals surface area contributed by atoms with Crippen molar-refractivity contribution in [2.75, 3.05) is 6.61 Å². The van der Waals surface area contributed by atoms with E-state index in [9.17, 15) is 0 Å². The zero-order valence-corrected chi connectivity index (χ0v) is 13.2. The summed E-state index contributed by atoms with van der Waals surface area (Å²) in [7, 11) is 1.97. The lowest BCUT2D eigenvalue weighted by Gasteiger charge is -2.31. The first kappa shape index (κ1) is 13.9. The number of halogens is 1. The van der Waals surface area contributed by atoms with Crippen LogP contribution < -0.4 is 0 Å². The van der Waals surface area contributed by atoms with Crippen molar-refractivity contribution in [2.45, 2.75) is 51.1 Å². The minimum Gasteiger partial charge on any atom is -0.376 e. The highest BCUT2D eigenvalue weighted by molar-refractivity contribution is 6.16. The topological polar surface area (TPSA) is 44.9 Å². The maximum atomic E-state index is 6.14. The number of hydrogen-bond donors (Lipinski definition) is 0. The summed E-state index contributed by atoms with van der Waals surface area (Å²) in [4.78, 5) is 4.74. The van der Waals surface area contributed by atoms with Gasteiger partial charge in [0.1, 0.15) is 11.3 Å². The molecule has 2 aromatic heterocycles. The second-order valence-electron chi connectivity index (χ2n) is 5.71. The van der Waals surface area contributed by atoms with Crippen molar-refractivity contribution in [3.63, 3.8) is 0 Å². The number of fused-ring (bicyclic) bond motifs is 1. The summed E-state index contributed by atoms with van der Waals surface area (Å²) in [5.41, 5.74) is 2.95. The predicted molar refractivity (Wildman–Crippen MR) is 79.1 cm³/mol. The van der Waals surface area contributed by atoms with Gasteiger partial charge in [0.05, 0.1) is 23.2 Å². The Bertz CT molecular complexity index is 647. The van der Waals surface area contributed by atoms with E-state index in [1.807, 2.05) is 11.7 Å². The fraction of sp³-hybridized carbons (Fsp3) is 0.714. The van der Waals surface area contributed by atoms with Gasteiger partial charge in [-0.25, -0.2) is 4.98 Å². The van der Waals surface area contributed by atoms with E-state index in [4.69, 9.17) is 21.3 Å². The van der Waals surface area contributed by atoms with E-state index in [1.165, 1.54) is 0 Å².